The van der Waals surface area contributed by atoms with Gasteiger partial charge >= 0.3 is 0 Å². The quantitative estimate of drug-likeness (QED) is 0.729. The van der Waals surface area contributed by atoms with Gasteiger partial charge in [0.2, 0.25) is 0 Å². The summed E-state index contributed by atoms with van der Waals surface area (Å²) >= 11 is 7.95. The Morgan fingerprint density at radius 3 is 2.95 bits per heavy atom. The molecule has 1 aliphatic rings. The van der Waals surface area contributed by atoms with Crippen molar-refractivity contribution in [2.75, 3.05) is 6.54 Å². The molecule has 2 aromatic carbocycles. The van der Waals surface area contributed by atoms with E-state index in [1.165, 1.54) is 11.1 Å². The summed E-state index contributed by atoms with van der Waals surface area (Å²) in [5, 5.41) is 5.46. The molecule has 1 N–H and O–H groups in total. The maximum atomic E-state index is 6.26. The van der Waals surface area contributed by atoms with Crippen molar-refractivity contribution in [2.45, 2.75) is 12.5 Å². The van der Waals surface area contributed by atoms with Crippen LogP contribution in [0.15, 0.2) is 42.5 Å². The standard InChI is InChI=1S/C16H13ClN2S/c17-12-6-3-7-13-15(12)20-16(19-13)14-11-5-2-1-4-10(11)8-9-18-14/h1-7,14,18H,8-9H2. The summed E-state index contributed by atoms with van der Waals surface area (Å²) in [6, 6.07) is 14.7. The van der Waals surface area contributed by atoms with Gasteiger partial charge in [0.05, 0.1) is 21.3 Å². The second kappa shape index (κ2) is 4.85. The molecule has 0 spiro atoms. The first-order valence-corrected chi connectivity index (χ1v) is 7.88. The molecular weight excluding hydrogens is 288 g/mol. The number of nitrogens with zero attached hydrogens (tertiary/aromatic N) is 1. The molecule has 0 amide bonds. The number of halogens is 1. The van der Waals surface area contributed by atoms with Crippen molar-refractivity contribution in [3.05, 3.63) is 63.6 Å². The van der Waals surface area contributed by atoms with Gasteiger partial charge in [0.15, 0.2) is 0 Å². The molecule has 2 nitrogen and oxygen atoms in total. The number of fused-ring (bicyclic) bond motifs is 2. The van der Waals surface area contributed by atoms with Crippen molar-refractivity contribution in [1.29, 1.82) is 0 Å². The highest BCUT2D eigenvalue weighted by Crippen LogP contribution is 2.36. The average Bonchev–Trinajstić information content (AvgIpc) is 2.92. The Labute approximate surface area is 126 Å². The van der Waals surface area contributed by atoms with Crippen molar-refractivity contribution in [2.24, 2.45) is 0 Å². The van der Waals surface area contributed by atoms with Crippen LogP contribution in [-0.4, -0.2) is 11.5 Å². The molecule has 1 aliphatic heterocycles. The SMILES string of the molecule is Clc1cccc2nc(C3NCCc4ccccc43)sc12. The van der Waals surface area contributed by atoms with Gasteiger partial charge in [-0.25, -0.2) is 4.98 Å². The maximum Gasteiger partial charge on any atom is 0.115 e. The maximum absolute atomic E-state index is 6.26. The fourth-order valence-corrected chi connectivity index (χ4v) is 4.13. The summed E-state index contributed by atoms with van der Waals surface area (Å²) in [6.45, 7) is 0.991. The van der Waals surface area contributed by atoms with E-state index < -0.39 is 0 Å². The normalized spacial score (nSPS) is 18.1. The third kappa shape index (κ3) is 1.94. The molecule has 0 aliphatic carbocycles. The summed E-state index contributed by atoms with van der Waals surface area (Å²) in [4.78, 5) is 4.77. The fourth-order valence-electron chi connectivity index (χ4n) is 2.78. The van der Waals surface area contributed by atoms with Crippen LogP contribution in [0.1, 0.15) is 22.2 Å². The average molecular weight is 301 g/mol. The van der Waals surface area contributed by atoms with E-state index in [1.54, 1.807) is 11.3 Å². The van der Waals surface area contributed by atoms with Crippen LogP contribution in [0.4, 0.5) is 0 Å². The molecule has 2 heterocycles. The van der Waals surface area contributed by atoms with Crippen LogP contribution in [0.5, 0.6) is 0 Å². The van der Waals surface area contributed by atoms with E-state index in [9.17, 15) is 0 Å². The molecule has 4 rings (SSSR count). The zero-order valence-corrected chi connectivity index (χ0v) is 12.3. The first-order chi connectivity index (χ1) is 9.83. The minimum absolute atomic E-state index is 0.188. The van der Waals surface area contributed by atoms with E-state index in [-0.39, 0.29) is 6.04 Å². The summed E-state index contributed by atoms with van der Waals surface area (Å²) in [5.74, 6) is 0. The van der Waals surface area contributed by atoms with Crippen LogP contribution < -0.4 is 5.32 Å². The van der Waals surface area contributed by atoms with Crippen LogP contribution in [0.3, 0.4) is 0 Å². The van der Waals surface area contributed by atoms with Crippen molar-refractivity contribution >= 4 is 33.2 Å². The molecule has 0 saturated carbocycles. The highest BCUT2D eigenvalue weighted by atomic mass is 35.5. The van der Waals surface area contributed by atoms with Crippen LogP contribution in [0, 0.1) is 0 Å². The number of aromatic nitrogens is 1. The molecule has 1 aromatic heterocycles. The molecule has 0 radical (unpaired) electrons. The Kier molecular flexibility index (Phi) is 2.99. The van der Waals surface area contributed by atoms with E-state index >= 15 is 0 Å². The Balaban J connectivity index is 1.86. The van der Waals surface area contributed by atoms with E-state index in [0.717, 1.165) is 33.2 Å². The molecule has 0 fully saturated rings. The first-order valence-electron chi connectivity index (χ1n) is 6.69. The van der Waals surface area contributed by atoms with Crippen molar-refractivity contribution in [3.63, 3.8) is 0 Å². The van der Waals surface area contributed by atoms with Crippen LogP contribution in [-0.2, 0) is 6.42 Å². The summed E-state index contributed by atoms with van der Waals surface area (Å²) in [7, 11) is 0. The second-order valence-corrected chi connectivity index (χ2v) is 6.41. The summed E-state index contributed by atoms with van der Waals surface area (Å²) < 4.78 is 1.08. The number of hydrogen-bond acceptors (Lipinski definition) is 3. The lowest BCUT2D eigenvalue weighted by Gasteiger charge is -2.25. The van der Waals surface area contributed by atoms with Gasteiger partial charge in [-0.15, -0.1) is 11.3 Å². The minimum Gasteiger partial charge on any atom is -0.304 e. The van der Waals surface area contributed by atoms with Gasteiger partial charge in [0.25, 0.3) is 0 Å². The highest BCUT2D eigenvalue weighted by Gasteiger charge is 2.24. The van der Waals surface area contributed by atoms with E-state index in [0.29, 0.717) is 0 Å². The topological polar surface area (TPSA) is 24.9 Å². The molecule has 3 aromatic rings. The lowest BCUT2D eigenvalue weighted by Crippen LogP contribution is -2.30. The van der Waals surface area contributed by atoms with Crippen LogP contribution in [0.25, 0.3) is 10.2 Å². The van der Waals surface area contributed by atoms with E-state index in [4.69, 9.17) is 16.6 Å². The predicted molar refractivity (Wildman–Crippen MR) is 84.6 cm³/mol. The first kappa shape index (κ1) is 12.3. The summed E-state index contributed by atoms with van der Waals surface area (Å²) in [6.07, 6.45) is 1.08. The van der Waals surface area contributed by atoms with Gasteiger partial charge in [0.1, 0.15) is 5.01 Å². The number of benzene rings is 2. The Hall–Kier alpha value is -1.42. The number of hydrogen-bond donors (Lipinski definition) is 1. The number of thiazole rings is 1. The van der Waals surface area contributed by atoms with E-state index in [2.05, 4.69) is 29.6 Å². The lowest BCUT2D eigenvalue weighted by molar-refractivity contribution is 0.566. The third-order valence-corrected chi connectivity index (χ3v) is 5.34. The van der Waals surface area contributed by atoms with Crippen molar-refractivity contribution < 1.29 is 0 Å². The molecular formula is C16H13ClN2S. The number of rotatable bonds is 1. The minimum atomic E-state index is 0.188. The molecule has 20 heavy (non-hydrogen) atoms. The molecule has 100 valence electrons. The van der Waals surface area contributed by atoms with E-state index in [1.807, 2.05) is 18.2 Å². The molecule has 1 atom stereocenters. The Morgan fingerprint density at radius 2 is 2.05 bits per heavy atom. The zero-order chi connectivity index (χ0) is 13.5. The monoisotopic (exact) mass is 300 g/mol. The zero-order valence-electron chi connectivity index (χ0n) is 10.8. The number of nitrogens with one attached hydrogen (secondary N) is 1. The lowest BCUT2D eigenvalue weighted by atomic mass is 9.95. The van der Waals surface area contributed by atoms with Crippen LogP contribution >= 0.6 is 22.9 Å². The smallest absolute Gasteiger partial charge is 0.115 e. The fraction of sp³-hybridized carbons (Fsp3) is 0.188. The highest BCUT2D eigenvalue weighted by molar-refractivity contribution is 7.19. The molecule has 4 heteroatoms. The largest absolute Gasteiger partial charge is 0.304 e. The Morgan fingerprint density at radius 1 is 1.15 bits per heavy atom. The summed E-state index contributed by atoms with van der Waals surface area (Å²) in [5.41, 5.74) is 3.75. The Bertz CT molecular complexity index is 781. The van der Waals surface area contributed by atoms with Crippen molar-refractivity contribution in [1.82, 2.24) is 10.3 Å². The third-order valence-electron chi connectivity index (χ3n) is 3.74. The van der Waals surface area contributed by atoms with Crippen LogP contribution in [0.2, 0.25) is 5.02 Å². The van der Waals surface area contributed by atoms with Crippen molar-refractivity contribution in [3.8, 4) is 0 Å². The second-order valence-electron chi connectivity index (χ2n) is 4.98. The predicted octanol–water partition coefficient (Wildman–Crippen LogP) is 4.18. The van der Waals surface area contributed by atoms with Gasteiger partial charge in [-0.3, -0.25) is 0 Å². The van der Waals surface area contributed by atoms with Gasteiger partial charge < -0.3 is 5.32 Å². The molecule has 1 unspecified atom stereocenters. The molecule has 0 bridgehead atoms. The molecule has 0 saturated heterocycles. The van der Waals surface area contributed by atoms with Gasteiger partial charge in [-0.1, -0.05) is 41.9 Å². The van der Waals surface area contributed by atoms with Gasteiger partial charge in [0, 0.05) is 6.54 Å². The van der Waals surface area contributed by atoms with Gasteiger partial charge in [-0.2, -0.15) is 0 Å². The van der Waals surface area contributed by atoms with Gasteiger partial charge in [-0.05, 0) is 29.7 Å².